The van der Waals surface area contributed by atoms with Crippen molar-refractivity contribution in [1.29, 1.82) is 5.26 Å². The molecule has 5 rings (SSSR count). The van der Waals surface area contributed by atoms with Crippen LogP contribution in [-0.2, 0) is 17.9 Å². The standard InChI is InChI=1S/C28H29FN6O3S/c1-19-32-17-25(39-19)18-37-23-13-21(29)14-24(15-23)38-22-5-3-20(4-6-22)27-26(16-30)28(31)35(33-27)8-2-7-34-9-11-36-12-10-34/h3-6,13-15,17H,2,7-12,18,31H2,1H3. The Bertz CT molecular complexity index is 1460. The molecule has 3 heterocycles. The first-order chi connectivity index (χ1) is 19.0. The normalized spacial score (nSPS) is 13.8. The molecule has 39 heavy (non-hydrogen) atoms. The molecule has 1 aliphatic rings. The van der Waals surface area contributed by atoms with E-state index in [1.54, 1.807) is 41.2 Å². The largest absolute Gasteiger partial charge is 0.488 e. The summed E-state index contributed by atoms with van der Waals surface area (Å²) in [5.74, 6) is 1.07. The van der Waals surface area contributed by atoms with Gasteiger partial charge in [0.05, 0.1) is 23.1 Å². The number of anilines is 1. The Morgan fingerprint density at radius 2 is 1.87 bits per heavy atom. The van der Waals surface area contributed by atoms with Gasteiger partial charge in [-0.1, -0.05) is 0 Å². The quantitative estimate of drug-likeness (QED) is 0.295. The highest BCUT2D eigenvalue weighted by Crippen LogP contribution is 2.31. The van der Waals surface area contributed by atoms with Crippen molar-refractivity contribution in [2.45, 2.75) is 26.5 Å². The van der Waals surface area contributed by atoms with Crippen LogP contribution in [0.2, 0.25) is 0 Å². The third-order valence-corrected chi connectivity index (χ3v) is 7.20. The number of hydrogen-bond acceptors (Lipinski definition) is 9. The van der Waals surface area contributed by atoms with Gasteiger partial charge in [0.2, 0.25) is 0 Å². The van der Waals surface area contributed by atoms with Gasteiger partial charge < -0.3 is 19.9 Å². The fourth-order valence-electron chi connectivity index (χ4n) is 4.35. The number of nitrogen functional groups attached to an aromatic ring is 1. The topological polar surface area (TPSA) is 111 Å². The minimum atomic E-state index is -0.465. The van der Waals surface area contributed by atoms with E-state index >= 15 is 0 Å². The maximum atomic E-state index is 14.2. The van der Waals surface area contributed by atoms with Gasteiger partial charge in [0.25, 0.3) is 0 Å². The monoisotopic (exact) mass is 548 g/mol. The fraction of sp³-hybridized carbons (Fsp3) is 0.321. The number of aryl methyl sites for hydroxylation is 2. The highest BCUT2D eigenvalue weighted by atomic mass is 32.1. The van der Waals surface area contributed by atoms with Crippen molar-refractivity contribution < 1.29 is 18.6 Å². The summed E-state index contributed by atoms with van der Waals surface area (Å²) in [6, 6.07) is 13.5. The van der Waals surface area contributed by atoms with Crippen molar-refractivity contribution in [2.75, 3.05) is 38.6 Å². The van der Waals surface area contributed by atoms with Gasteiger partial charge in [0.15, 0.2) is 0 Å². The molecule has 1 aliphatic heterocycles. The Hall–Kier alpha value is -3.98. The second kappa shape index (κ2) is 12.3. The lowest BCUT2D eigenvalue weighted by Crippen LogP contribution is -2.37. The molecule has 0 saturated carbocycles. The zero-order valence-electron chi connectivity index (χ0n) is 21.6. The van der Waals surface area contributed by atoms with Gasteiger partial charge in [0, 0.05) is 56.1 Å². The predicted molar refractivity (Wildman–Crippen MR) is 146 cm³/mol. The first-order valence-corrected chi connectivity index (χ1v) is 13.5. The molecule has 4 aromatic rings. The summed E-state index contributed by atoms with van der Waals surface area (Å²) in [7, 11) is 0. The first-order valence-electron chi connectivity index (χ1n) is 12.7. The number of halogens is 1. The van der Waals surface area contributed by atoms with Crippen LogP contribution in [0.3, 0.4) is 0 Å². The fourth-order valence-corrected chi connectivity index (χ4v) is 5.06. The molecule has 0 aliphatic carbocycles. The molecule has 0 radical (unpaired) electrons. The van der Waals surface area contributed by atoms with E-state index in [4.69, 9.17) is 19.9 Å². The second-order valence-electron chi connectivity index (χ2n) is 9.13. The second-order valence-corrected chi connectivity index (χ2v) is 10.5. The summed E-state index contributed by atoms with van der Waals surface area (Å²) < 4.78 is 32.9. The van der Waals surface area contributed by atoms with E-state index < -0.39 is 5.82 Å². The molecule has 0 bridgehead atoms. The van der Waals surface area contributed by atoms with Crippen LogP contribution in [0.25, 0.3) is 11.3 Å². The van der Waals surface area contributed by atoms with E-state index in [2.05, 4.69) is 21.1 Å². The van der Waals surface area contributed by atoms with Crippen LogP contribution >= 0.6 is 11.3 Å². The Labute approximate surface area is 230 Å². The summed E-state index contributed by atoms with van der Waals surface area (Å²) in [4.78, 5) is 7.50. The molecular weight excluding hydrogens is 519 g/mol. The number of nitriles is 1. The van der Waals surface area contributed by atoms with Crippen molar-refractivity contribution in [3.63, 3.8) is 0 Å². The van der Waals surface area contributed by atoms with Crippen molar-refractivity contribution in [1.82, 2.24) is 19.7 Å². The molecule has 9 nitrogen and oxygen atoms in total. The molecule has 0 unspecified atom stereocenters. The highest BCUT2D eigenvalue weighted by Gasteiger charge is 2.18. The molecule has 11 heteroatoms. The van der Waals surface area contributed by atoms with E-state index in [1.165, 1.54) is 23.5 Å². The Kier molecular flexibility index (Phi) is 8.36. The Morgan fingerprint density at radius 1 is 1.10 bits per heavy atom. The maximum absolute atomic E-state index is 14.2. The van der Waals surface area contributed by atoms with Crippen molar-refractivity contribution in [3.05, 3.63) is 69.9 Å². The third kappa shape index (κ3) is 6.72. The van der Waals surface area contributed by atoms with Gasteiger partial charge in [0.1, 0.15) is 52.8 Å². The average molecular weight is 549 g/mol. The molecule has 1 fully saturated rings. The number of hydrogen-bond donors (Lipinski definition) is 1. The van der Waals surface area contributed by atoms with Gasteiger partial charge in [-0.2, -0.15) is 10.4 Å². The molecule has 0 atom stereocenters. The van der Waals surface area contributed by atoms with E-state index in [1.807, 2.05) is 6.92 Å². The van der Waals surface area contributed by atoms with Crippen LogP contribution in [0.1, 0.15) is 21.9 Å². The van der Waals surface area contributed by atoms with Crippen molar-refractivity contribution in [2.24, 2.45) is 0 Å². The van der Waals surface area contributed by atoms with Crippen LogP contribution in [0, 0.1) is 24.1 Å². The Morgan fingerprint density at radius 3 is 2.59 bits per heavy atom. The summed E-state index contributed by atoms with van der Waals surface area (Å²) in [5.41, 5.74) is 7.87. The number of ether oxygens (including phenoxy) is 3. The number of thiazole rings is 1. The number of rotatable bonds is 10. The van der Waals surface area contributed by atoms with Crippen LogP contribution in [0.5, 0.6) is 17.2 Å². The molecule has 2 N–H and O–H groups in total. The molecule has 0 amide bonds. The van der Waals surface area contributed by atoms with Crippen molar-refractivity contribution in [3.8, 4) is 34.6 Å². The van der Waals surface area contributed by atoms with Gasteiger partial charge in [-0.05, 0) is 37.6 Å². The average Bonchev–Trinajstić information content (AvgIpc) is 3.50. The number of nitrogens with zero attached hydrogens (tertiary/aromatic N) is 5. The molecule has 2 aromatic carbocycles. The number of aromatic nitrogens is 3. The van der Waals surface area contributed by atoms with Gasteiger partial charge in [-0.15, -0.1) is 11.3 Å². The van der Waals surface area contributed by atoms with Crippen LogP contribution in [0.4, 0.5) is 10.2 Å². The van der Waals surface area contributed by atoms with Crippen molar-refractivity contribution >= 4 is 17.2 Å². The van der Waals surface area contributed by atoms with Gasteiger partial charge >= 0.3 is 0 Å². The molecule has 202 valence electrons. The summed E-state index contributed by atoms with van der Waals surface area (Å²) >= 11 is 1.53. The summed E-state index contributed by atoms with van der Waals surface area (Å²) in [6.45, 7) is 7.12. The minimum absolute atomic E-state index is 0.299. The van der Waals surface area contributed by atoms with Crippen LogP contribution < -0.4 is 15.2 Å². The predicted octanol–water partition coefficient (Wildman–Crippen LogP) is 5.00. The lowest BCUT2D eigenvalue weighted by atomic mass is 10.1. The number of morpholine rings is 1. The van der Waals surface area contributed by atoms with Crippen LogP contribution in [-0.4, -0.2) is 52.5 Å². The number of benzene rings is 2. The summed E-state index contributed by atoms with van der Waals surface area (Å²) in [5, 5.41) is 15.3. The molecule has 2 aromatic heterocycles. The number of nitrogens with two attached hydrogens (primary N) is 1. The molecule has 0 spiro atoms. The van der Waals surface area contributed by atoms with Gasteiger partial charge in [-0.25, -0.2) is 14.1 Å². The molecule has 1 saturated heterocycles. The third-order valence-electron chi connectivity index (χ3n) is 6.31. The minimum Gasteiger partial charge on any atom is -0.488 e. The zero-order chi connectivity index (χ0) is 27.2. The first kappa shape index (κ1) is 26.6. The van der Waals surface area contributed by atoms with E-state index in [0.717, 1.165) is 54.7 Å². The van der Waals surface area contributed by atoms with Crippen LogP contribution in [0.15, 0.2) is 48.7 Å². The Balaban J connectivity index is 1.24. The lowest BCUT2D eigenvalue weighted by molar-refractivity contribution is 0.0368. The molecular formula is C28H29FN6O3S. The van der Waals surface area contributed by atoms with E-state index in [9.17, 15) is 9.65 Å². The maximum Gasteiger partial charge on any atom is 0.140 e. The summed E-state index contributed by atoms with van der Waals surface area (Å²) in [6.07, 6.45) is 2.62. The van der Waals surface area contributed by atoms with Gasteiger partial charge in [-0.3, -0.25) is 4.90 Å². The lowest BCUT2D eigenvalue weighted by Gasteiger charge is -2.26. The SMILES string of the molecule is Cc1ncc(COc2cc(F)cc(Oc3ccc(-c4nn(CCCN5CCOCC5)c(N)c4C#N)cc3)c2)s1. The van der Waals surface area contributed by atoms with E-state index in [-0.39, 0.29) is 0 Å². The van der Waals surface area contributed by atoms with E-state index in [0.29, 0.717) is 47.5 Å². The highest BCUT2D eigenvalue weighted by molar-refractivity contribution is 7.11. The zero-order valence-corrected chi connectivity index (χ0v) is 22.4. The smallest absolute Gasteiger partial charge is 0.140 e.